The number of aldehydes is 1. The van der Waals surface area contributed by atoms with E-state index in [-0.39, 0.29) is 11.5 Å². The van der Waals surface area contributed by atoms with Crippen LogP contribution in [0.4, 0.5) is 13.2 Å². The van der Waals surface area contributed by atoms with Crippen LogP contribution < -0.4 is 0 Å². The van der Waals surface area contributed by atoms with Crippen molar-refractivity contribution in [3.63, 3.8) is 0 Å². The Morgan fingerprint density at radius 2 is 2.18 bits per heavy atom. The van der Waals surface area contributed by atoms with Crippen LogP contribution in [0.15, 0.2) is 12.4 Å². The number of hydrogen-bond donors (Lipinski definition) is 0. The number of rotatable bonds is 2. The molecule has 0 aliphatic heterocycles. The Kier molecular flexibility index (Phi) is 2.60. The summed E-state index contributed by atoms with van der Waals surface area (Å²) in [6.45, 7) is 1.76. The summed E-state index contributed by atoms with van der Waals surface area (Å²) < 4.78 is 38.5. The molecular weight excluding hydrogens is 235 g/mol. The molecule has 4 nitrogen and oxygen atoms in total. The van der Waals surface area contributed by atoms with Gasteiger partial charge in [0.1, 0.15) is 5.69 Å². The lowest BCUT2D eigenvalue weighted by atomic mass is 10.3. The summed E-state index contributed by atoms with van der Waals surface area (Å²) in [6.07, 6.45) is -2.01. The summed E-state index contributed by atoms with van der Waals surface area (Å²) in [5.74, 6) is 0.0944. The summed E-state index contributed by atoms with van der Waals surface area (Å²) in [5.41, 5.74) is -0.360. The predicted molar refractivity (Wildman–Crippen MR) is 52.8 cm³/mol. The van der Waals surface area contributed by atoms with E-state index in [0.29, 0.717) is 24.6 Å². The van der Waals surface area contributed by atoms with Crippen LogP contribution in [0, 0.1) is 0 Å². The molecule has 7 heteroatoms. The van der Waals surface area contributed by atoms with Crippen molar-refractivity contribution in [2.75, 3.05) is 0 Å². The van der Waals surface area contributed by atoms with Gasteiger partial charge in [-0.2, -0.15) is 13.2 Å². The van der Waals surface area contributed by atoms with Crippen molar-refractivity contribution in [2.24, 2.45) is 0 Å². The molecule has 0 amide bonds. The molecule has 2 aromatic heterocycles. The van der Waals surface area contributed by atoms with Crippen molar-refractivity contribution in [3.05, 3.63) is 29.3 Å². The summed E-state index contributed by atoms with van der Waals surface area (Å²) in [5, 5.41) is 0. The molecule has 0 N–H and O–H groups in total. The number of fused-ring (bicyclic) bond motifs is 1. The van der Waals surface area contributed by atoms with Gasteiger partial charge in [0.15, 0.2) is 6.29 Å². The number of carbonyl (C=O) groups excluding carboxylic acids is 1. The largest absolute Gasteiger partial charge is 0.419 e. The van der Waals surface area contributed by atoms with Gasteiger partial charge in [0.2, 0.25) is 5.78 Å². The zero-order valence-electron chi connectivity index (χ0n) is 8.82. The van der Waals surface area contributed by atoms with E-state index in [1.165, 1.54) is 0 Å². The van der Waals surface area contributed by atoms with Crippen LogP contribution in [0.25, 0.3) is 5.78 Å². The molecule has 0 aliphatic carbocycles. The molecule has 0 bridgehead atoms. The van der Waals surface area contributed by atoms with Crippen molar-refractivity contribution >= 4 is 12.1 Å². The van der Waals surface area contributed by atoms with Crippen LogP contribution >= 0.6 is 0 Å². The highest BCUT2D eigenvalue weighted by Gasteiger charge is 2.32. The van der Waals surface area contributed by atoms with Crippen LogP contribution in [-0.4, -0.2) is 20.7 Å². The lowest BCUT2D eigenvalue weighted by molar-refractivity contribution is -0.138. The third kappa shape index (κ3) is 1.88. The van der Waals surface area contributed by atoms with Gasteiger partial charge in [-0.15, -0.1) is 0 Å². The quantitative estimate of drug-likeness (QED) is 0.759. The molecule has 0 saturated heterocycles. The van der Waals surface area contributed by atoms with Gasteiger partial charge in [0.25, 0.3) is 0 Å². The minimum Gasteiger partial charge on any atom is -0.296 e. The number of nitrogens with zero attached hydrogens (tertiary/aromatic N) is 3. The first kappa shape index (κ1) is 11.6. The predicted octanol–water partition coefficient (Wildman–Crippen LogP) is 2.12. The molecule has 2 aromatic rings. The Morgan fingerprint density at radius 1 is 1.47 bits per heavy atom. The molecule has 90 valence electrons. The van der Waals surface area contributed by atoms with E-state index in [0.717, 1.165) is 10.6 Å². The highest BCUT2D eigenvalue weighted by molar-refractivity contribution is 5.75. The number of imidazole rings is 1. The minimum atomic E-state index is -4.49. The monoisotopic (exact) mass is 243 g/mol. The van der Waals surface area contributed by atoms with E-state index >= 15 is 0 Å². The van der Waals surface area contributed by atoms with Gasteiger partial charge in [-0.1, -0.05) is 6.92 Å². The van der Waals surface area contributed by atoms with Crippen molar-refractivity contribution < 1.29 is 18.0 Å². The molecule has 0 spiro atoms. The molecule has 0 radical (unpaired) electrons. The fraction of sp³-hybridized carbons (Fsp3) is 0.300. The second-order valence-electron chi connectivity index (χ2n) is 3.43. The van der Waals surface area contributed by atoms with Crippen LogP contribution in [0.5, 0.6) is 0 Å². The number of aryl methyl sites for hydroxylation is 1. The summed E-state index contributed by atoms with van der Waals surface area (Å²) in [4.78, 5) is 18.4. The fourth-order valence-electron chi connectivity index (χ4n) is 1.53. The van der Waals surface area contributed by atoms with E-state index in [2.05, 4.69) is 9.97 Å². The molecule has 0 aromatic carbocycles. The maximum atomic E-state index is 12.5. The molecule has 0 saturated carbocycles. The lowest BCUT2D eigenvalue weighted by Crippen LogP contribution is -2.08. The van der Waals surface area contributed by atoms with Crippen LogP contribution in [0.3, 0.4) is 0 Å². The second-order valence-corrected chi connectivity index (χ2v) is 3.43. The van der Waals surface area contributed by atoms with E-state index in [1.807, 2.05) is 0 Å². The van der Waals surface area contributed by atoms with Gasteiger partial charge >= 0.3 is 6.18 Å². The van der Waals surface area contributed by atoms with Crippen molar-refractivity contribution in [1.29, 1.82) is 0 Å². The van der Waals surface area contributed by atoms with E-state index in [4.69, 9.17) is 0 Å². The minimum absolute atomic E-state index is 0.0944. The highest BCUT2D eigenvalue weighted by Crippen LogP contribution is 2.28. The van der Waals surface area contributed by atoms with Gasteiger partial charge < -0.3 is 0 Å². The number of carbonyl (C=O) groups is 1. The Morgan fingerprint density at radius 3 is 2.71 bits per heavy atom. The zero-order valence-corrected chi connectivity index (χ0v) is 8.82. The first-order chi connectivity index (χ1) is 7.97. The number of aromatic nitrogens is 3. The first-order valence-corrected chi connectivity index (χ1v) is 4.86. The molecular formula is C10H8F3N3O. The van der Waals surface area contributed by atoms with Crippen LogP contribution in [0.2, 0.25) is 0 Å². The smallest absolute Gasteiger partial charge is 0.296 e. The number of alkyl halides is 3. The van der Waals surface area contributed by atoms with Crippen molar-refractivity contribution in [3.8, 4) is 0 Å². The van der Waals surface area contributed by atoms with Gasteiger partial charge in [-0.25, -0.2) is 9.97 Å². The highest BCUT2D eigenvalue weighted by atomic mass is 19.4. The van der Waals surface area contributed by atoms with Gasteiger partial charge in [-0.05, 0) is 6.42 Å². The first-order valence-electron chi connectivity index (χ1n) is 4.86. The molecule has 17 heavy (non-hydrogen) atoms. The lowest BCUT2D eigenvalue weighted by Gasteiger charge is -2.06. The Balaban J connectivity index is 2.71. The second kappa shape index (κ2) is 3.83. The zero-order chi connectivity index (χ0) is 12.6. The topological polar surface area (TPSA) is 47.3 Å². The van der Waals surface area contributed by atoms with Gasteiger partial charge in [-0.3, -0.25) is 9.20 Å². The summed E-state index contributed by atoms with van der Waals surface area (Å²) in [6, 6.07) is 0. The molecule has 2 heterocycles. The standard InChI is InChI=1S/C10H8F3N3O/c1-2-7-8(5-17)16-4-6(10(11,12)13)3-14-9(16)15-7/h3-5H,2H2,1H3. The number of halogens is 3. The third-order valence-corrected chi connectivity index (χ3v) is 2.37. The maximum absolute atomic E-state index is 12.5. The average Bonchev–Trinajstić information content (AvgIpc) is 2.64. The fourth-order valence-corrected chi connectivity index (χ4v) is 1.53. The van der Waals surface area contributed by atoms with E-state index < -0.39 is 11.7 Å². The van der Waals surface area contributed by atoms with Gasteiger partial charge in [0, 0.05) is 12.4 Å². The normalized spacial score (nSPS) is 12.0. The molecule has 0 unspecified atom stereocenters. The molecule has 0 atom stereocenters. The maximum Gasteiger partial charge on any atom is 0.419 e. The number of hydrogen-bond acceptors (Lipinski definition) is 3. The van der Waals surface area contributed by atoms with Crippen LogP contribution in [-0.2, 0) is 12.6 Å². The third-order valence-electron chi connectivity index (χ3n) is 2.37. The molecule has 2 rings (SSSR count). The van der Waals surface area contributed by atoms with Crippen molar-refractivity contribution in [2.45, 2.75) is 19.5 Å². The van der Waals surface area contributed by atoms with E-state index in [9.17, 15) is 18.0 Å². The Hall–Kier alpha value is -1.92. The molecule has 0 fully saturated rings. The average molecular weight is 243 g/mol. The van der Waals surface area contributed by atoms with Crippen LogP contribution in [0.1, 0.15) is 28.7 Å². The summed E-state index contributed by atoms with van der Waals surface area (Å²) >= 11 is 0. The Labute approximate surface area is 94.1 Å². The van der Waals surface area contributed by atoms with Gasteiger partial charge in [0.05, 0.1) is 11.3 Å². The van der Waals surface area contributed by atoms with Crippen molar-refractivity contribution in [1.82, 2.24) is 14.4 Å². The summed E-state index contributed by atoms with van der Waals surface area (Å²) in [7, 11) is 0. The Bertz CT molecular complexity index is 574. The van der Waals surface area contributed by atoms with E-state index in [1.54, 1.807) is 6.92 Å². The SMILES string of the molecule is CCc1nc2ncc(C(F)(F)F)cn2c1C=O. The molecule has 0 aliphatic rings.